The highest BCUT2D eigenvalue weighted by molar-refractivity contribution is 7.92. The van der Waals surface area contributed by atoms with Crippen molar-refractivity contribution in [3.8, 4) is 0 Å². The molecular weight excluding hydrogens is 376 g/mol. The van der Waals surface area contributed by atoms with Gasteiger partial charge in [0.15, 0.2) is 0 Å². The van der Waals surface area contributed by atoms with E-state index in [9.17, 15) is 13.2 Å². The van der Waals surface area contributed by atoms with E-state index in [1.54, 1.807) is 30.3 Å². The molecule has 2 aromatic rings. The fraction of sp³-hybridized carbons (Fsp3) is 0.278. The van der Waals surface area contributed by atoms with Crippen molar-refractivity contribution in [1.82, 2.24) is 5.32 Å². The van der Waals surface area contributed by atoms with Gasteiger partial charge in [0, 0.05) is 18.7 Å². The lowest BCUT2D eigenvalue weighted by Crippen LogP contribution is -2.41. The van der Waals surface area contributed by atoms with E-state index in [1.165, 1.54) is 25.3 Å². The highest BCUT2D eigenvalue weighted by atomic mass is 35.5. The first-order chi connectivity index (χ1) is 12.3. The number of sulfonamides is 1. The van der Waals surface area contributed by atoms with Gasteiger partial charge in [-0.05, 0) is 37.3 Å². The lowest BCUT2D eigenvalue weighted by molar-refractivity contribution is -0.119. The second-order valence-corrected chi connectivity index (χ2v) is 7.95. The van der Waals surface area contributed by atoms with E-state index in [0.29, 0.717) is 23.9 Å². The van der Waals surface area contributed by atoms with Gasteiger partial charge in [0.05, 0.1) is 17.2 Å². The van der Waals surface area contributed by atoms with Crippen molar-refractivity contribution in [2.45, 2.75) is 11.8 Å². The summed E-state index contributed by atoms with van der Waals surface area (Å²) in [6, 6.07) is 12.8. The molecule has 0 aromatic heterocycles. The number of methoxy groups -OCH3 is 1. The highest BCUT2D eigenvalue weighted by Crippen LogP contribution is 2.26. The van der Waals surface area contributed by atoms with E-state index in [0.717, 1.165) is 9.87 Å². The average molecular weight is 397 g/mol. The van der Waals surface area contributed by atoms with Crippen LogP contribution in [-0.4, -0.2) is 41.1 Å². The molecule has 26 heavy (non-hydrogen) atoms. The van der Waals surface area contributed by atoms with Gasteiger partial charge >= 0.3 is 0 Å². The van der Waals surface area contributed by atoms with Crippen LogP contribution in [0.3, 0.4) is 0 Å². The molecule has 0 spiro atoms. The molecule has 1 N–H and O–H groups in total. The minimum absolute atomic E-state index is 0.104. The summed E-state index contributed by atoms with van der Waals surface area (Å²) in [6.07, 6.45) is 0. The number of anilines is 1. The summed E-state index contributed by atoms with van der Waals surface area (Å²) in [5, 5.41) is 3.01. The number of hydrogen-bond acceptors (Lipinski definition) is 4. The van der Waals surface area contributed by atoms with E-state index in [1.807, 2.05) is 6.92 Å². The number of carbonyl (C=O) groups excluding carboxylic acids is 1. The molecule has 0 unspecified atom stereocenters. The summed E-state index contributed by atoms with van der Waals surface area (Å²) in [5.41, 5.74) is 1.26. The van der Waals surface area contributed by atoms with Gasteiger partial charge in [-0.3, -0.25) is 9.10 Å². The molecule has 8 heteroatoms. The maximum absolute atomic E-state index is 13.1. The predicted octanol–water partition coefficient (Wildman–Crippen LogP) is 2.61. The smallest absolute Gasteiger partial charge is 0.264 e. The first-order valence-electron chi connectivity index (χ1n) is 7.95. The summed E-state index contributed by atoms with van der Waals surface area (Å²) >= 11 is 6.01. The zero-order valence-electron chi connectivity index (χ0n) is 14.6. The summed E-state index contributed by atoms with van der Waals surface area (Å²) in [4.78, 5) is 12.3. The molecule has 6 nitrogen and oxygen atoms in total. The third-order valence-electron chi connectivity index (χ3n) is 3.62. The Bertz CT molecular complexity index is 854. The number of nitrogens with one attached hydrogen (secondary N) is 1. The van der Waals surface area contributed by atoms with Gasteiger partial charge in [0.25, 0.3) is 10.0 Å². The highest BCUT2D eigenvalue weighted by Gasteiger charge is 2.27. The van der Waals surface area contributed by atoms with Crippen LogP contribution < -0.4 is 9.62 Å². The van der Waals surface area contributed by atoms with Gasteiger partial charge in [-0.1, -0.05) is 35.4 Å². The number of aryl methyl sites for hydroxylation is 1. The Morgan fingerprint density at radius 3 is 2.50 bits per heavy atom. The topological polar surface area (TPSA) is 75.7 Å². The van der Waals surface area contributed by atoms with Crippen LogP contribution >= 0.6 is 11.6 Å². The summed E-state index contributed by atoms with van der Waals surface area (Å²) in [5.74, 6) is -0.433. The first-order valence-corrected chi connectivity index (χ1v) is 9.77. The molecule has 0 saturated heterocycles. The number of nitrogens with zero attached hydrogens (tertiary/aromatic N) is 1. The quantitative estimate of drug-likeness (QED) is 0.696. The number of ether oxygens (including phenoxy) is 1. The van der Waals surface area contributed by atoms with Crippen molar-refractivity contribution in [2.24, 2.45) is 0 Å². The van der Waals surface area contributed by atoms with Gasteiger partial charge < -0.3 is 10.1 Å². The van der Waals surface area contributed by atoms with Crippen molar-refractivity contribution in [3.05, 3.63) is 59.1 Å². The monoisotopic (exact) mass is 396 g/mol. The van der Waals surface area contributed by atoms with Gasteiger partial charge in [0.1, 0.15) is 6.54 Å². The van der Waals surface area contributed by atoms with Crippen LogP contribution in [0.1, 0.15) is 5.56 Å². The van der Waals surface area contributed by atoms with Crippen LogP contribution in [0, 0.1) is 6.92 Å². The first kappa shape index (κ1) is 20.2. The molecule has 2 aromatic carbocycles. The lowest BCUT2D eigenvalue weighted by atomic mass is 10.2. The van der Waals surface area contributed by atoms with Gasteiger partial charge in [-0.25, -0.2) is 8.42 Å². The van der Waals surface area contributed by atoms with Crippen LogP contribution in [-0.2, 0) is 19.6 Å². The van der Waals surface area contributed by atoms with Gasteiger partial charge in [0.2, 0.25) is 5.91 Å². The van der Waals surface area contributed by atoms with Gasteiger partial charge in [-0.2, -0.15) is 0 Å². The molecule has 2 rings (SSSR count). The van der Waals surface area contributed by atoms with E-state index in [4.69, 9.17) is 16.3 Å². The molecule has 1 amide bonds. The number of rotatable bonds is 8. The number of carbonyl (C=O) groups is 1. The van der Waals surface area contributed by atoms with Crippen molar-refractivity contribution in [1.29, 1.82) is 0 Å². The molecule has 0 aliphatic carbocycles. The zero-order valence-corrected chi connectivity index (χ0v) is 16.2. The van der Waals surface area contributed by atoms with E-state index in [-0.39, 0.29) is 11.4 Å². The average Bonchev–Trinajstić information content (AvgIpc) is 2.60. The molecule has 0 bridgehead atoms. The molecule has 0 aliphatic heterocycles. The standard InChI is InChI=1S/C18H21ClN2O4S/c1-14-6-8-17(9-7-14)26(23,24)21(13-18(22)20-10-11-25-2)16-5-3-4-15(19)12-16/h3-9,12H,10-11,13H2,1-2H3,(H,20,22). The Balaban J connectivity index is 2.36. The molecule has 0 atom stereocenters. The Morgan fingerprint density at radius 1 is 1.19 bits per heavy atom. The van der Waals surface area contributed by atoms with Crippen LogP contribution in [0.5, 0.6) is 0 Å². The zero-order chi connectivity index (χ0) is 19.2. The Labute approximate surface area is 158 Å². The van der Waals surface area contributed by atoms with Crippen LogP contribution in [0.2, 0.25) is 5.02 Å². The van der Waals surface area contributed by atoms with Crippen LogP contribution in [0.25, 0.3) is 0 Å². The summed E-state index contributed by atoms with van der Waals surface area (Å²) < 4.78 is 32.1. The maximum atomic E-state index is 13.1. The number of amides is 1. The van der Waals surface area contributed by atoms with Crippen LogP contribution in [0.15, 0.2) is 53.4 Å². The number of hydrogen-bond donors (Lipinski definition) is 1. The lowest BCUT2D eigenvalue weighted by Gasteiger charge is -2.24. The van der Waals surface area contributed by atoms with Crippen molar-refractivity contribution >= 4 is 33.2 Å². The fourth-order valence-corrected chi connectivity index (χ4v) is 3.86. The van der Waals surface area contributed by atoms with Crippen molar-refractivity contribution in [3.63, 3.8) is 0 Å². The van der Waals surface area contributed by atoms with Gasteiger partial charge in [-0.15, -0.1) is 0 Å². The predicted molar refractivity (Wildman–Crippen MR) is 102 cm³/mol. The SMILES string of the molecule is COCCNC(=O)CN(c1cccc(Cl)c1)S(=O)(=O)c1ccc(C)cc1. The van der Waals surface area contributed by atoms with E-state index in [2.05, 4.69) is 5.32 Å². The van der Waals surface area contributed by atoms with E-state index < -0.39 is 15.9 Å². The third kappa shape index (κ3) is 5.20. The molecule has 0 heterocycles. The molecular formula is C18H21ClN2O4S. The largest absolute Gasteiger partial charge is 0.383 e. The second kappa shape index (κ2) is 9.02. The van der Waals surface area contributed by atoms with Crippen LogP contribution in [0.4, 0.5) is 5.69 Å². The van der Waals surface area contributed by atoms with E-state index >= 15 is 0 Å². The molecule has 0 aliphatic rings. The normalized spacial score (nSPS) is 11.2. The minimum atomic E-state index is -3.93. The maximum Gasteiger partial charge on any atom is 0.264 e. The molecule has 0 saturated carbocycles. The number of benzene rings is 2. The minimum Gasteiger partial charge on any atom is -0.383 e. The second-order valence-electron chi connectivity index (χ2n) is 5.65. The fourth-order valence-electron chi connectivity index (χ4n) is 2.26. The summed E-state index contributed by atoms with van der Waals surface area (Å²) in [6.45, 7) is 2.14. The van der Waals surface area contributed by atoms with Crippen molar-refractivity contribution in [2.75, 3.05) is 31.1 Å². The number of halogens is 1. The molecule has 140 valence electrons. The summed E-state index contributed by atoms with van der Waals surface area (Å²) in [7, 11) is -2.41. The molecule has 0 radical (unpaired) electrons. The molecule has 0 fully saturated rings. The Morgan fingerprint density at radius 2 is 1.88 bits per heavy atom. The Kier molecular flexibility index (Phi) is 7.02. The Hall–Kier alpha value is -2.09. The third-order valence-corrected chi connectivity index (χ3v) is 5.64. The van der Waals surface area contributed by atoms with Crippen molar-refractivity contribution < 1.29 is 17.9 Å².